The Hall–Kier alpha value is -4.78. The average molecular weight is 667 g/mol. The minimum atomic E-state index is -1.49. The van der Waals surface area contributed by atoms with Crippen molar-refractivity contribution in [2.24, 2.45) is 11.8 Å². The first-order valence-electron chi connectivity index (χ1n) is 16.1. The highest BCUT2D eigenvalue weighted by molar-refractivity contribution is 5.95. The molecule has 0 unspecified atom stereocenters. The lowest BCUT2D eigenvalue weighted by atomic mass is 9.93. The number of aliphatic hydroxyl groups excluding tert-OH is 1. The number of halogens is 1. The molecule has 2 aliphatic rings. The molecule has 2 aromatic rings. The predicted octanol–water partition coefficient (Wildman–Crippen LogP) is 4.53. The molecule has 13 heteroatoms. The van der Waals surface area contributed by atoms with Gasteiger partial charge >= 0.3 is 12.1 Å². The van der Waals surface area contributed by atoms with Crippen molar-refractivity contribution in [2.75, 3.05) is 25.0 Å². The van der Waals surface area contributed by atoms with E-state index < -0.39 is 54.2 Å². The van der Waals surface area contributed by atoms with E-state index in [0.29, 0.717) is 24.1 Å². The molecule has 258 valence electrons. The van der Waals surface area contributed by atoms with Crippen molar-refractivity contribution in [2.45, 2.75) is 70.9 Å². The van der Waals surface area contributed by atoms with E-state index in [1.54, 1.807) is 63.3 Å². The normalized spacial score (nSPS) is 26.0. The van der Waals surface area contributed by atoms with E-state index in [1.165, 1.54) is 17.1 Å². The largest absolute Gasteiger partial charge is 0.460 e. The quantitative estimate of drug-likeness (QED) is 0.399. The van der Waals surface area contributed by atoms with E-state index in [9.17, 15) is 28.7 Å². The number of allylic oxidation sites excluding steroid dienone is 2. The molecule has 48 heavy (non-hydrogen) atoms. The minimum Gasteiger partial charge on any atom is -0.460 e. The van der Waals surface area contributed by atoms with E-state index in [0.717, 1.165) is 6.26 Å². The number of aliphatic hydroxyl groups is 1. The van der Waals surface area contributed by atoms with Gasteiger partial charge in [-0.2, -0.15) is 0 Å². The first-order chi connectivity index (χ1) is 23.0. The monoisotopic (exact) mass is 666 g/mol. The van der Waals surface area contributed by atoms with Crippen molar-refractivity contribution in [1.82, 2.24) is 15.2 Å². The summed E-state index contributed by atoms with van der Waals surface area (Å²) in [5, 5.41) is 15.7. The molecule has 0 radical (unpaired) electrons. The molecule has 12 nitrogen and oxygen atoms in total. The molecule has 1 aromatic carbocycles. The molecular formula is C35H43FN4O8. The minimum absolute atomic E-state index is 0.00286. The SMILES string of the molecule is CC1=C[C@@H](O)C[C@@H](F)Cc2nc(co2)C(=O)N2CCC[C@@H]2C(=O)O[C@H]([C@@H](C)COC(=O)Nc2ccccc2)[C@H](C)/C=C/C(=O)NCC=C1. The number of nitrogens with one attached hydrogen (secondary N) is 2. The second-order valence-electron chi connectivity index (χ2n) is 12.1. The fourth-order valence-electron chi connectivity index (χ4n) is 5.61. The maximum Gasteiger partial charge on any atom is 0.411 e. The third-order valence-electron chi connectivity index (χ3n) is 8.06. The maximum absolute atomic E-state index is 14.8. The number of nitrogens with zero attached hydrogens (tertiary/aromatic N) is 2. The van der Waals surface area contributed by atoms with Crippen molar-refractivity contribution >= 4 is 29.6 Å². The number of ether oxygens (including phenoxy) is 2. The van der Waals surface area contributed by atoms with Crippen LogP contribution in [0.4, 0.5) is 14.9 Å². The smallest absolute Gasteiger partial charge is 0.411 e. The Labute approximate surface area is 279 Å². The van der Waals surface area contributed by atoms with Crippen LogP contribution < -0.4 is 10.6 Å². The van der Waals surface area contributed by atoms with Gasteiger partial charge < -0.3 is 29.2 Å². The molecule has 0 saturated carbocycles. The molecule has 3 amide bonds. The Balaban J connectivity index is 1.54. The van der Waals surface area contributed by atoms with Crippen LogP contribution in [0.25, 0.3) is 0 Å². The number of anilines is 1. The molecule has 4 rings (SSSR count). The first kappa shape index (κ1) is 36.1. The van der Waals surface area contributed by atoms with Crippen LogP contribution in [0, 0.1) is 11.8 Å². The number of carbonyl (C=O) groups excluding carboxylic acids is 4. The number of cyclic esters (lactones) is 1. The second-order valence-corrected chi connectivity index (χ2v) is 12.1. The summed E-state index contributed by atoms with van der Waals surface area (Å²) in [5.74, 6) is -2.59. The molecule has 6 atom stereocenters. The molecule has 2 aliphatic heterocycles. The first-order valence-corrected chi connectivity index (χ1v) is 16.1. The number of esters is 1. The molecule has 1 saturated heterocycles. The van der Waals surface area contributed by atoms with Crippen LogP contribution in [0.15, 0.2) is 77.0 Å². The Morgan fingerprint density at radius 1 is 1.23 bits per heavy atom. The van der Waals surface area contributed by atoms with Gasteiger partial charge in [-0.25, -0.2) is 19.0 Å². The van der Waals surface area contributed by atoms with Gasteiger partial charge in [-0.3, -0.25) is 14.9 Å². The van der Waals surface area contributed by atoms with Crippen LogP contribution in [0.3, 0.4) is 0 Å². The van der Waals surface area contributed by atoms with Crippen LogP contribution in [0.2, 0.25) is 0 Å². The summed E-state index contributed by atoms with van der Waals surface area (Å²) in [7, 11) is 0. The van der Waals surface area contributed by atoms with Gasteiger partial charge in [-0.15, -0.1) is 0 Å². The van der Waals surface area contributed by atoms with Crippen LogP contribution in [-0.4, -0.2) is 83.0 Å². The van der Waals surface area contributed by atoms with E-state index in [4.69, 9.17) is 13.9 Å². The lowest BCUT2D eigenvalue weighted by molar-refractivity contribution is -0.159. The van der Waals surface area contributed by atoms with Gasteiger partial charge in [0.25, 0.3) is 5.91 Å². The van der Waals surface area contributed by atoms with Crippen LogP contribution >= 0.6 is 0 Å². The van der Waals surface area contributed by atoms with Crippen molar-refractivity contribution in [1.29, 1.82) is 0 Å². The lowest BCUT2D eigenvalue weighted by Crippen LogP contribution is -2.44. The van der Waals surface area contributed by atoms with E-state index in [2.05, 4.69) is 15.6 Å². The van der Waals surface area contributed by atoms with Crippen LogP contribution in [-0.2, 0) is 25.5 Å². The number of rotatable bonds is 4. The Bertz CT molecular complexity index is 1510. The number of para-hydroxylation sites is 1. The van der Waals surface area contributed by atoms with Crippen molar-refractivity contribution in [3.05, 3.63) is 84.1 Å². The van der Waals surface area contributed by atoms with Crippen molar-refractivity contribution < 1.29 is 42.6 Å². The fraction of sp³-hybridized carbons (Fsp3) is 0.457. The van der Waals surface area contributed by atoms with Gasteiger partial charge in [0.1, 0.15) is 24.6 Å². The van der Waals surface area contributed by atoms with Crippen molar-refractivity contribution in [3.63, 3.8) is 0 Å². The van der Waals surface area contributed by atoms with E-state index in [1.807, 2.05) is 6.07 Å². The molecule has 1 fully saturated rings. The van der Waals surface area contributed by atoms with Gasteiger partial charge in [0.2, 0.25) is 5.91 Å². The highest BCUT2D eigenvalue weighted by atomic mass is 19.1. The highest BCUT2D eigenvalue weighted by Gasteiger charge is 2.39. The van der Waals surface area contributed by atoms with Gasteiger partial charge in [0.05, 0.1) is 19.1 Å². The molecular weight excluding hydrogens is 623 g/mol. The number of aromatic nitrogens is 1. The standard InChI is InChI=1S/C35H43FN4O8/c1-22-9-7-15-37-30(42)14-13-23(2)32(24(3)20-47-35(45)38-26-10-5-4-6-11-26)48-34(44)29-12-8-16-40(29)33(43)28-21-46-31(39-28)19-25(36)18-27(41)17-22/h4-7,9-11,13-14,17,21,23-25,27,29,32,41H,8,12,15-16,18-20H2,1-3H3,(H,37,42)(H,38,45)/b9-7?,14-13+,22-17?/t23-,24+,25-,27-,29-,32+/m1/s1. The number of fused-ring (bicyclic) bond motifs is 3. The molecule has 0 aliphatic carbocycles. The average Bonchev–Trinajstić information content (AvgIpc) is 3.73. The predicted molar refractivity (Wildman–Crippen MR) is 174 cm³/mol. The Morgan fingerprint density at radius 2 is 2.00 bits per heavy atom. The van der Waals surface area contributed by atoms with Gasteiger partial charge in [0.15, 0.2) is 11.6 Å². The number of oxazole rings is 1. The van der Waals surface area contributed by atoms with E-state index in [-0.39, 0.29) is 50.0 Å². The number of hydrogen-bond acceptors (Lipinski definition) is 9. The zero-order valence-electron chi connectivity index (χ0n) is 27.3. The Kier molecular flexibility index (Phi) is 13.1. The number of hydrogen-bond donors (Lipinski definition) is 3. The summed E-state index contributed by atoms with van der Waals surface area (Å²) in [6.07, 6.45) is 5.34. The summed E-state index contributed by atoms with van der Waals surface area (Å²) >= 11 is 0. The van der Waals surface area contributed by atoms with Crippen LogP contribution in [0.5, 0.6) is 0 Å². The molecule has 3 N–H and O–H groups in total. The van der Waals surface area contributed by atoms with Gasteiger partial charge in [-0.1, -0.05) is 61.9 Å². The number of carbonyl (C=O) groups is 4. The fourth-order valence-corrected chi connectivity index (χ4v) is 5.61. The molecule has 0 spiro atoms. The third kappa shape index (κ3) is 10.6. The van der Waals surface area contributed by atoms with Crippen LogP contribution in [0.1, 0.15) is 56.4 Å². The zero-order chi connectivity index (χ0) is 34.6. The summed E-state index contributed by atoms with van der Waals surface area (Å²) < 4.78 is 31.6. The number of alkyl halides is 1. The second kappa shape index (κ2) is 17.4. The lowest BCUT2D eigenvalue weighted by Gasteiger charge is -2.30. The maximum atomic E-state index is 14.8. The molecule has 1 aromatic heterocycles. The summed E-state index contributed by atoms with van der Waals surface area (Å²) in [6.45, 7) is 5.65. The van der Waals surface area contributed by atoms with Gasteiger partial charge in [-0.05, 0) is 38.0 Å². The van der Waals surface area contributed by atoms with Gasteiger partial charge in [0, 0.05) is 37.0 Å². The topological polar surface area (TPSA) is 160 Å². The molecule has 3 heterocycles. The highest BCUT2D eigenvalue weighted by Crippen LogP contribution is 2.26. The summed E-state index contributed by atoms with van der Waals surface area (Å²) in [6, 6.07) is 7.88. The third-order valence-corrected chi connectivity index (χ3v) is 8.06. The zero-order valence-corrected chi connectivity index (χ0v) is 27.3. The number of benzene rings is 1. The summed E-state index contributed by atoms with van der Waals surface area (Å²) in [5.41, 5.74) is 1.16. The number of amides is 3. The molecule has 2 bridgehead atoms. The summed E-state index contributed by atoms with van der Waals surface area (Å²) in [4.78, 5) is 57.6. The van der Waals surface area contributed by atoms with Crippen molar-refractivity contribution in [3.8, 4) is 0 Å². The Morgan fingerprint density at radius 3 is 2.77 bits per heavy atom. The van der Waals surface area contributed by atoms with E-state index >= 15 is 0 Å².